The van der Waals surface area contributed by atoms with Gasteiger partial charge in [-0.15, -0.1) is 0 Å². The fourth-order valence-corrected chi connectivity index (χ4v) is 0.896. The minimum absolute atomic E-state index is 0. The quantitative estimate of drug-likeness (QED) is 0.811. The molecule has 0 saturated carbocycles. The van der Waals surface area contributed by atoms with Crippen molar-refractivity contribution < 1.29 is 9.90 Å². The number of aliphatic carboxylic acids is 1. The van der Waals surface area contributed by atoms with E-state index < -0.39 is 5.97 Å². The Hall–Kier alpha value is -0.388. The van der Waals surface area contributed by atoms with Crippen LogP contribution in [0.15, 0.2) is 30.3 Å². The molecule has 0 bridgehead atoms. The van der Waals surface area contributed by atoms with E-state index in [1.165, 1.54) is 0 Å². The molecule has 0 aliphatic rings. The summed E-state index contributed by atoms with van der Waals surface area (Å²) in [6.45, 7) is 0. The van der Waals surface area contributed by atoms with Gasteiger partial charge in [0, 0.05) is 6.42 Å². The van der Waals surface area contributed by atoms with Crippen LogP contribution in [0, 0.1) is 0 Å². The standard InChI is InChI=1S/C9H10O2.Pb.2H/c10-9(11)7-6-8-4-2-1-3-5-8;;;/h1-5H,6-7H2,(H,10,11);;;. The van der Waals surface area contributed by atoms with Gasteiger partial charge in [0.05, 0.1) is 0 Å². The maximum absolute atomic E-state index is 10.2. The topological polar surface area (TPSA) is 37.3 Å². The number of rotatable bonds is 3. The van der Waals surface area contributed by atoms with Gasteiger partial charge in [0.2, 0.25) is 0 Å². The van der Waals surface area contributed by atoms with Gasteiger partial charge < -0.3 is 5.11 Å². The summed E-state index contributed by atoms with van der Waals surface area (Å²) in [6.07, 6.45) is 0.834. The van der Waals surface area contributed by atoms with Gasteiger partial charge in [0.25, 0.3) is 0 Å². The third kappa shape index (κ3) is 4.48. The van der Waals surface area contributed by atoms with E-state index >= 15 is 0 Å². The zero-order chi connectivity index (χ0) is 8.10. The first-order valence-electron chi connectivity index (χ1n) is 3.55. The molecule has 0 amide bonds. The fourth-order valence-electron chi connectivity index (χ4n) is 0.896. The predicted molar refractivity (Wildman–Crippen MR) is 50.9 cm³/mol. The molecular weight excluding hydrogens is 347 g/mol. The molecule has 0 unspecified atom stereocenters. The molecule has 0 aromatic heterocycles. The van der Waals surface area contributed by atoms with Crippen molar-refractivity contribution in [3.05, 3.63) is 35.9 Å². The summed E-state index contributed by atoms with van der Waals surface area (Å²) in [6, 6.07) is 9.62. The number of benzene rings is 1. The minimum atomic E-state index is -0.742. The average molecular weight is 359 g/mol. The zero-order valence-electron chi connectivity index (χ0n) is 6.86. The second kappa shape index (κ2) is 6.16. The van der Waals surface area contributed by atoms with E-state index in [9.17, 15) is 4.79 Å². The Kier molecular flexibility index (Phi) is 5.96. The van der Waals surface area contributed by atoms with E-state index in [2.05, 4.69) is 0 Å². The van der Waals surface area contributed by atoms with Crippen LogP contribution in [0.5, 0.6) is 0 Å². The Bertz CT molecular complexity index is 234. The summed E-state index contributed by atoms with van der Waals surface area (Å²) in [5.74, 6) is -0.742. The number of hydrogen-bond acceptors (Lipinski definition) is 1. The van der Waals surface area contributed by atoms with E-state index in [0.717, 1.165) is 5.56 Å². The van der Waals surface area contributed by atoms with Gasteiger partial charge in [-0.05, 0) is 12.0 Å². The Labute approximate surface area is 91.8 Å². The van der Waals surface area contributed by atoms with Gasteiger partial charge in [-0.2, -0.15) is 0 Å². The molecule has 0 saturated heterocycles. The molecular formula is C9H12O2Pb. The van der Waals surface area contributed by atoms with Crippen molar-refractivity contribution >= 4 is 33.3 Å². The summed E-state index contributed by atoms with van der Waals surface area (Å²) in [7, 11) is 0. The Morgan fingerprint density at radius 1 is 1.25 bits per heavy atom. The van der Waals surface area contributed by atoms with Crippen molar-refractivity contribution in [2.24, 2.45) is 0 Å². The van der Waals surface area contributed by atoms with Crippen molar-refractivity contribution in [1.82, 2.24) is 0 Å². The number of carboxylic acids is 1. The van der Waals surface area contributed by atoms with Gasteiger partial charge >= 0.3 is 33.3 Å². The molecule has 3 heteroatoms. The van der Waals surface area contributed by atoms with Crippen LogP contribution >= 0.6 is 0 Å². The third-order valence-electron chi connectivity index (χ3n) is 1.47. The van der Waals surface area contributed by atoms with Gasteiger partial charge in [-0.1, -0.05) is 30.3 Å². The first-order chi connectivity index (χ1) is 5.29. The van der Waals surface area contributed by atoms with Gasteiger partial charge in [0.15, 0.2) is 0 Å². The Balaban J connectivity index is 0.00000121. The second-order valence-electron chi connectivity index (χ2n) is 2.38. The van der Waals surface area contributed by atoms with Crippen LogP contribution in [0.4, 0.5) is 0 Å². The number of hydrogen-bond donors (Lipinski definition) is 1. The van der Waals surface area contributed by atoms with Crippen molar-refractivity contribution in [2.45, 2.75) is 12.8 Å². The molecule has 0 fully saturated rings. The van der Waals surface area contributed by atoms with Crippen LogP contribution in [-0.4, -0.2) is 38.4 Å². The Morgan fingerprint density at radius 2 is 1.83 bits per heavy atom. The van der Waals surface area contributed by atoms with Crippen LogP contribution in [0.2, 0.25) is 0 Å². The van der Waals surface area contributed by atoms with E-state index in [0.29, 0.717) is 6.42 Å². The average Bonchev–Trinajstić information content (AvgIpc) is 2.03. The number of carbonyl (C=O) groups is 1. The molecule has 0 aliphatic heterocycles. The van der Waals surface area contributed by atoms with Crippen LogP contribution in [0.25, 0.3) is 0 Å². The van der Waals surface area contributed by atoms with Crippen LogP contribution in [0.3, 0.4) is 0 Å². The van der Waals surface area contributed by atoms with E-state index in [1.807, 2.05) is 30.3 Å². The summed E-state index contributed by atoms with van der Waals surface area (Å²) in [4.78, 5) is 10.2. The fraction of sp³-hybridized carbons (Fsp3) is 0.222. The molecule has 1 aromatic rings. The summed E-state index contributed by atoms with van der Waals surface area (Å²) in [5, 5.41) is 8.37. The van der Waals surface area contributed by atoms with Crippen molar-refractivity contribution in [3.63, 3.8) is 0 Å². The van der Waals surface area contributed by atoms with E-state index in [1.54, 1.807) is 0 Å². The second-order valence-corrected chi connectivity index (χ2v) is 2.38. The molecule has 1 rings (SSSR count). The Morgan fingerprint density at radius 3 is 2.33 bits per heavy atom. The molecule has 0 aliphatic carbocycles. The zero-order valence-corrected chi connectivity index (χ0v) is 12.4. The summed E-state index contributed by atoms with van der Waals surface area (Å²) < 4.78 is 0. The number of carboxylic acid groups (broad SMARTS) is 1. The van der Waals surface area contributed by atoms with Crippen molar-refractivity contribution in [3.8, 4) is 0 Å². The summed E-state index contributed by atoms with van der Waals surface area (Å²) >= 11 is 0. The first kappa shape index (κ1) is 11.6. The van der Waals surface area contributed by atoms with E-state index in [4.69, 9.17) is 5.11 Å². The van der Waals surface area contributed by atoms with Gasteiger partial charge in [-0.3, -0.25) is 4.79 Å². The molecule has 12 heavy (non-hydrogen) atoms. The SMILES string of the molecule is O=C(O)CCc1ccccc1.[PbH2]. The molecule has 0 spiro atoms. The predicted octanol–water partition coefficient (Wildman–Crippen LogP) is 0.788. The van der Waals surface area contributed by atoms with Gasteiger partial charge in [-0.25, -0.2) is 0 Å². The van der Waals surface area contributed by atoms with Gasteiger partial charge in [0.1, 0.15) is 0 Å². The normalized spacial score (nSPS) is 8.67. The van der Waals surface area contributed by atoms with E-state index in [-0.39, 0.29) is 33.7 Å². The molecule has 1 N–H and O–H groups in total. The monoisotopic (exact) mass is 360 g/mol. The number of aryl methyl sites for hydroxylation is 1. The maximum atomic E-state index is 10.2. The molecule has 2 radical (unpaired) electrons. The molecule has 2 nitrogen and oxygen atoms in total. The molecule has 64 valence electrons. The first-order valence-corrected chi connectivity index (χ1v) is 3.55. The molecule has 1 aromatic carbocycles. The molecule has 0 atom stereocenters. The molecule has 0 heterocycles. The van der Waals surface area contributed by atoms with Crippen LogP contribution in [-0.2, 0) is 11.2 Å². The van der Waals surface area contributed by atoms with Crippen molar-refractivity contribution in [1.29, 1.82) is 0 Å². The van der Waals surface area contributed by atoms with Crippen LogP contribution in [0.1, 0.15) is 12.0 Å². The third-order valence-corrected chi connectivity index (χ3v) is 1.47. The van der Waals surface area contributed by atoms with Crippen LogP contribution < -0.4 is 0 Å². The summed E-state index contributed by atoms with van der Waals surface area (Å²) in [5.41, 5.74) is 1.08. The van der Waals surface area contributed by atoms with Crippen molar-refractivity contribution in [2.75, 3.05) is 0 Å².